The van der Waals surface area contributed by atoms with Crippen LogP contribution >= 0.6 is 0 Å². The van der Waals surface area contributed by atoms with Gasteiger partial charge in [-0.2, -0.15) is 0 Å². The molecule has 0 saturated heterocycles. The Balaban J connectivity index is 1.41. The highest BCUT2D eigenvalue weighted by Crippen LogP contribution is 2.59. The first-order valence-electron chi connectivity index (χ1n) is 7.13. The van der Waals surface area contributed by atoms with E-state index in [1.165, 1.54) is 31.2 Å². The lowest BCUT2D eigenvalue weighted by Crippen LogP contribution is -2.32. The lowest BCUT2D eigenvalue weighted by molar-refractivity contribution is 0.360. The molecule has 90 valence electrons. The quantitative estimate of drug-likeness (QED) is 0.843. The molecule has 4 rings (SSSR count). The van der Waals surface area contributed by atoms with Crippen LogP contribution in [0.5, 0.6) is 0 Å². The predicted octanol–water partition coefficient (Wildman–Crippen LogP) is 3.16. The van der Waals surface area contributed by atoms with Crippen molar-refractivity contribution >= 4 is 0 Å². The summed E-state index contributed by atoms with van der Waals surface area (Å²) in [6.07, 6.45) is 5.71. The summed E-state index contributed by atoms with van der Waals surface area (Å²) in [5, 5.41) is 0. The molecule has 0 amide bonds. The summed E-state index contributed by atoms with van der Waals surface area (Å²) < 4.78 is 0. The van der Waals surface area contributed by atoms with Crippen LogP contribution in [0.3, 0.4) is 0 Å². The number of nitrogens with two attached hydrogens (primary N) is 1. The normalized spacial score (nSPS) is 44.2. The van der Waals surface area contributed by atoms with E-state index in [-0.39, 0.29) is 0 Å². The molecule has 17 heavy (non-hydrogen) atoms. The average Bonchev–Trinajstić information content (AvgIpc) is 3.28. The second-order valence-corrected chi connectivity index (χ2v) is 6.48. The summed E-state index contributed by atoms with van der Waals surface area (Å²) >= 11 is 0. The second-order valence-electron chi connectivity index (χ2n) is 6.48. The molecule has 3 aliphatic carbocycles. The lowest BCUT2D eigenvalue weighted by atomic mass is 9.90. The summed E-state index contributed by atoms with van der Waals surface area (Å²) in [6.45, 7) is 0. The molecule has 0 aromatic heterocycles. The fourth-order valence-corrected chi connectivity index (χ4v) is 4.15. The largest absolute Gasteiger partial charge is 0.327 e. The van der Waals surface area contributed by atoms with E-state index in [2.05, 4.69) is 30.3 Å². The Labute approximate surface area is 103 Å². The topological polar surface area (TPSA) is 26.0 Å². The van der Waals surface area contributed by atoms with Crippen LogP contribution in [-0.2, 0) is 0 Å². The van der Waals surface area contributed by atoms with Gasteiger partial charge in [0.1, 0.15) is 0 Å². The molecule has 3 fully saturated rings. The highest BCUT2D eigenvalue weighted by atomic mass is 14.7. The van der Waals surface area contributed by atoms with E-state index in [1.54, 1.807) is 0 Å². The van der Waals surface area contributed by atoms with E-state index in [9.17, 15) is 0 Å². The molecule has 5 unspecified atom stereocenters. The van der Waals surface area contributed by atoms with Crippen molar-refractivity contribution in [3.63, 3.8) is 0 Å². The Morgan fingerprint density at radius 2 is 1.65 bits per heavy atom. The van der Waals surface area contributed by atoms with E-state index in [4.69, 9.17) is 5.73 Å². The van der Waals surface area contributed by atoms with Crippen molar-refractivity contribution < 1.29 is 0 Å². The summed E-state index contributed by atoms with van der Waals surface area (Å²) in [6, 6.07) is 11.4. The lowest BCUT2D eigenvalue weighted by Gasteiger charge is -2.20. The molecule has 1 aromatic carbocycles. The third-order valence-corrected chi connectivity index (χ3v) is 5.39. The molecule has 0 spiro atoms. The highest BCUT2D eigenvalue weighted by Gasteiger charge is 2.52. The van der Waals surface area contributed by atoms with Gasteiger partial charge in [0.2, 0.25) is 0 Å². The molecule has 0 bridgehead atoms. The van der Waals surface area contributed by atoms with Crippen molar-refractivity contribution in [3.8, 4) is 0 Å². The van der Waals surface area contributed by atoms with Gasteiger partial charge in [-0.05, 0) is 60.8 Å². The Morgan fingerprint density at radius 3 is 2.35 bits per heavy atom. The molecule has 0 radical (unpaired) electrons. The smallest absolute Gasteiger partial charge is 0.0102 e. The molecule has 1 aromatic rings. The molecular weight excluding hydrogens is 206 g/mol. The maximum absolute atomic E-state index is 6.49. The summed E-state index contributed by atoms with van der Waals surface area (Å²) in [7, 11) is 0. The van der Waals surface area contributed by atoms with Crippen LogP contribution in [0.25, 0.3) is 0 Å². The van der Waals surface area contributed by atoms with Gasteiger partial charge in [-0.3, -0.25) is 0 Å². The minimum absolute atomic E-state index is 0.480. The number of fused-ring (bicyclic) bond motifs is 1. The van der Waals surface area contributed by atoms with Crippen LogP contribution in [0.2, 0.25) is 0 Å². The number of benzene rings is 1. The number of hydrogen-bond donors (Lipinski definition) is 1. The number of rotatable bonds is 3. The van der Waals surface area contributed by atoms with E-state index < -0.39 is 0 Å². The monoisotopic (exact) mass is 227 g/mol. The molecule has 1 heteroatoms. The van der Waals surface area contributed by atoms with Crippen LogP contribution in [0.1, 0.15) is 37.2 Å². The maximum atomic E-state index is 6.49. The standard InChI is InChI=1S/C16H21N/c17-16(13-7-11-6-12(11)8-13)15-9-14(15)10-4-2-1-3-5-10/h1-5,11-16H,6-9,17H2. The minimum Gasteiger partial charge on any atom is -0.327 e. The summed E-state index contributed by atoms with van der Waals surface area (Å²) in [5.41, 5.74) is 8.01. The molecule has 0 heterocycles. The van der Waals surface area contributed by atoms with Gasteiger partial charge in [0.15, 0.2) is 0 Å². The van der Waals surface area contributed by atoms with Gasteiger partial charge in [0.05, 0.1) is 0 Å². The highest BCUT2D eigenvalue weighted by molar-refractivity contribution is 5.27. The van der Waals surface area contributed by atoms with Crippen molar-refractivity contribution in [2.24, 2.45) is 29.4 Å². The minimum atomic E-state index is 0.480. The third-order valence-electron chi connectivity index (χ3n) is 5.39. The van der Waals surface area contributed by atoms with Crippen molar-refractivity contribution in [1.82, 2.24) is 0 Å². The molecule has 0 aliphatic heterocycles. The SMILES string of the molecule is NC(C1CC2CC2C1)C1CC1c1ccccc1. The Bertz CT molecular complexity index is 403. The zero-order chi connectivity index (χ0) is 11.4. The Kier molecular flexibility index (Phi) is 2.14. The average molecular weight is 227 g/mol. The first kappa shape index (κ1) is 10.1. The second kappa shape index (κ2) is 3.58. The fourth-order valence-electron chi connectivity index (χ4n) is 4.15. The van der Waals surface area contributed by atoms with Gasteiger partial charge in [0.25, 0.3) is 0 Å². The zero-order valence-electron chi connectivity index (χ0n) is 10.3. The van der Waals surface area contributed by atoms with Crippen molar-refractivity contribution in [1.29, 1.82) is 0 Å². The first-order chi connectivity index (χ1) is 8.33. The molecule has 1 nitrogen and oxygen atoms in total. The van der Waals surface area contributed by atoms with Gasteiger partial charge < -0.3 is 5.73 Å². The molecular formula is C16H21N. The third kappa shape index (κ3) is 1.72. The fraction of sp³-hybridized carbons (Fsp3) is 0.625. The Morgan fingerprint density at radius 1 is 0.941 bits per heavy atom. The summed E-state index contributed by atoms with van der Waals surface area (Å²) in [4.78, 5) is 0. The molecule has 3 aliphatic rings. The Hall–Kier alpha value is -0.820. The van der Waals surface area contributed by atoms with Gasteiger partial charge >= 0.3 is 0 Å². The van der Waals surface area contributed by atoms with Gasteiger partial charge in [-0.1, -0.05) is 30.3 Å². The van der Waals surface area contributed by atoms with Crippen molar-refractivity contribution in [2.75, 3.05) is 0 Å². The van der Waals surface area contributed by atoms with Crippen molar-refractivity contribution in [2.45, 2.75) is 37.6 Å². The summed E-state index contributed by atoms with van der Waals surface area (Å²) in [5.74, 6) is 4.53. The van der Waals surface area contributed by atoms with Crippen LogP contribution in [-0.4, -0.2) is 6.04 Å². The van der Waals surface area contributed by atoms with Gasteiger partial charge in [-0.25, -0.2) is 0 Å². The molecule has 3 saturated carbocycles. The van der Waals surface area contributed by atoms with E-state index in [0.717, 1.165) is 29.6 Å². The molecule has 5 atom stereocenters. The number of hydrogen-bond acceptors (Lipinski definition) is 1. The maximum Gasteiger partial charge on any atom is 0.0102 e. The van der Waals surface area contributed by atoms with E-state index >= 15 is 0 Å². The van der Waals surface area contributed by atoms with E-state index in [0.29, 0.717) is 6.04 Å². The van der Waals surface area contributed by atoms with Crippen LogP contribution in [0.15, 0.2) is 30.3 Å². The van der Waals surface area contributed by atoms with Gasteiger partial charge in [0, 0.05) is 6.04 Å². The molecule has 2 N–H and O–H groups in total. The predicted molar refractivity (Wildman–Crippen MR) is 69.6 cm³/mol. The van der Waals surface area contributed by atoms with Crippen LogP contribution < -0.4 is 5.73 Å². The van der Waals surface area contributed by atoms with Crippen molar-refractivity contribution in [3.05, 3.63) is 35.9 Å². The first-order valence-corrected chi connectivity index (χ1v) is 7.13. The van der Waals surface area contributed by atoms with Gasteiger partial charge in [-0.15, -0.1) is 0 Å². The zero-order valence-corrected chi connectivity index (χ0v) is 10.3. The van der Waals surface area contributed by atoms with Crippen LogP contribution in [0, 0.1) is 23.7 Å². The van der Waals surface area contributed by atoms with Crippen LogP contribution in [0.4, 0.5) is 0 Å². The van der Waals surface area contributed by atoms with E-state index in [1.807, 2.05) is 0 Å².